The molecule has 2 aromatic carbocycles. The first-order valence-electron chi connectivity index (χ1n) is 8.72. The van der Waals surface area contributed by atoms with Crippen molar-refractivity contribution >= 4 is 21.6 Å². The molecule has 7 heteroatoms. The van der Waals surface area contributed by atoms with Gasteiger partial charge in [-0.3, -0.25) is 4.79 Å². The van der Waals surface area contributed by atoms with Crippen molar-refractivity contribution in [1.29, 1.82) is 0 Å². The van der Waals surface area contributed by atoms with Crippen LogP contribution in [-0.2, 0) is 32.6 Å². The van der Waals surface area contributed by atoms with Gasteiger partial charge in [-0.2, -0.15) is 5.10 Å². The lowest BCUT2D eigenvalue weighted by Crippen LogP contribution is -2.17. The predicted molar refractivity (Wildman–Crippen MR) is 103 cm³/mol. The molecule has 1 aliphatic rings. The molecule has 0 spiro atoms. The molecule has 4 rings (SSSR count). The maximum atomic E-state index is 12.5. The summed E-state index contributed by atoms with van der Waals surface area (Å²) in [7, 11) is -3.20. The van der Waals surface area contributed by atoms with Gasteiger partial charge in [0.25, 0.3) is 0 Å². The summed E-state index contributed by atoms with van der Waals surface area (Å²) < 4.78 is 25.6. The second kappa shape index (κ2) is 7.00. The van der Waals surface area contributed by atoms with Crippen LogP contribution in [0.5, 0.6) is 0 Å². The van der Waals surface area contributed by atoms with Gasteiger partial charge in [-0.25, -0.2) is 13.1 Å². The van der Waals surface area contributed by atoms with E-state index in [9.17, 15) is 13.2 Å². The first-order valence-corrected chi connectivity index (χ1v) is 10.5. The molecule has 138 valence electrons. The summed E-state index contributed by atoms with van der Waals surface area (Å²) in [5.41, 5.74) is 2.96. The van der Waals surface area contributed by atoms with Crippen LogP contribution in [0.15, 0.2) is 60.7 Å². The first kappa shape index (κ1) is 17.5. The zero-order chi connectivity index (χ0) is 18.9. The SMILES string of the molecule is O=C(CCc1ccccc1)Nc1c2c(nn1-c1ccccc1)CS(=O)(=O)C2. The zero-order valence-corrected chi connectivity index (χ0v) is 15.4. The van der Waals surface area contributed by atoms with Crippen molar-refractivity contribution in [2.24, 2.45) is 0 Å². The van der Waals surface area contributed by atoms with E-state index in [0.717, 1.165) is 11.3 Å². The number of sulfone groups is 1. The van der Waals surface area contributed by atoms with Crippen molar-refractivity contribution in [3.05, 3.63) is 77.5 Å². The molecule has 2 heterocycles. The number of fused-ring (bicyclic) bond motifs is 1. The molecule has 0 fully saturated rings. The largest absolute Gasteiger partial charge is 0.310 e. The molecule has 1 aromatic heterocycles. The van der Waals surface area contributed by atoms with Gasteiger partial charge in [0.2, 0.25) is 5.91 Å². The Balaban J connectivity index is 1.60. The highest BCUT2D eigenvalue weighted by molar-refractivity contribution is 7.90. The summed E-state index contributed by atoms with van der Waals surface area (Å²) in [5, 5.41) is 7.35. The van der Waals surface area contributed by atoms with E-state index in [1.54, 1.807) is 4.68 Å². The van der Waals surface area contributed by atoms with Crippen LogP contribution in [0.3, 0.4) is 0 Å². The van der Waals surface area contributed by atoms with Crippen LogP contribution in [0, 0.1) is 0 Å². The van der Waals surface area contributed by atoms with Gasteiger partial charge >= 0.3 is 0 Å². The lowest BCUT2D eigenvalue weighted by molar-refractivity contribution is -0.116. The zero-order valence-electron chi connectivity index (χ0n) is 14.6. The van der Waals surface area contributed by atoms with E-state index in [1.165, 1.54) is 0 Å². The Kier molecular flexibility index (Phi) is 4.53. The number of amides is 1. The second-order valence-electron chi connectivity index (χ2n) is 6.59. The van der Waals surface area contributed by atoms with Gasteiger partial charge in [0, 0.05) is 12.0 Å². The summed E-state index contributed by atoms with van der Waals surface area (Å²) in [6.45, 7) is 0. The van der Waals surface area contributed by atoms with Crippen LogP contribution in [0.25, 0.3) is 5.69 Å². The molecule has 3 aromatic rings. The quantitative estimate of drug-likeness (QED) is 0.737. The van der Waals surface area contributed by atoms with E-state index in [4.69, 9.17) is 0 Å². The maximum Gasteiger partial charge on any atom is 0.225 e. The Hall–Kier alpha value is -2.93. The number of para-hydroxylation sites is 1. The smallest absolute Gasteiger partial charge is 0.225 e. The summed E-state index contributed by atoms with van der Waals surface area (Å²) in [4.78, 5) is 12.5. The molecule has 0 unspecified atom stereocenters. The van der Waals surface area contributed by atoms with Crippen molar-refractivity contribution in [3.8, 4) is 5.69 Å². The van der Waals surface area contributed by atoms with Crippen molar-refractivity contribution in [1.82, 2.24) is 9.78 Å². The molecule has 0 saturated carbocycles. The fraction of sp³-hybridized carbons (Fsp3) is 0.200. The average Bonchev–Trinajstić information content (AvgIpc) is 3.14. The minimum absolute atomic E-state index is 0.0882. The number of benzene rings is 2. The molecule has 1 amide bonds. The molecule has 1 N–H and O–H groups in total. The predicted octanol–water partition coefficient (Wildman–Crippen LogP) is 2.87. The Morgan fingerprint density at radius 1 is 1.00 bits per heavy atom. The average molecular weight is 381 g/mol. The third-order valence-corrected chi connectivity index (χ3v) is 5.97. The maximum absolute atomic E-state index is 12.5. The van der Waals surface area contributed by atoms with Gasteiger partial charge in [0.1, 0.15) is 5.82 Å². The molecule has 6 nitrogen and oxygen atoms in total. The van der Waals surface area contributed by atoms with Crippen molar-refractivity contribution in [3.63, 3.8) is 0 Å². The number of aryl methyl sites for hydroxylation is 1. The third-order valence-electron chi connectivity index (χ3n) is 4.53. The number of aromatic nitrogens is 2. The minimum atomic E-state index is -3.20. The van der Waals surface area contributed by atoms with E-state index in [0.29, 0.717) is 29.9 Å². The normalized spacial score (nSPS) is 14.7. The number of carbonyl (C=O) groups excluding carboxylic acids is 1. The summed E-state index contributed by atoms with van der Waals surface area (Å²) in [6.07, 6.45) is 0.929. The van der Waals surface area contributed by atoms with E-state index < -0.39 is 9.84 Å². The third kappa shape index (κ3) is 3.78. The Morgan fingerprint density at radius 2 is 1.67 bits per heavy atom. The monoisotopic (exact) mass is 381 g/mol. The number of carbonyl (C=O) groups is 1. The highest BCUT2D eigenvalue weighted by Gasteiger charge is 2.33. The first-order chi connectivity index (χ1) is 13.0. The Bertz CT molecular complexity index is 1070. The van der Waals surface area contributed by atoms with Crippen LogP contribution >= 0.6 is 0 Å². The highest BCUT2D eigenvalue weighted by Crippen LogP contribution is 2.33. The van der Waals surface area contributed by atoms with Crippen molar-refractivity contribution < 1.29 is 13.2 Å². The second-order valence-corrected chi connectivity index (χ2v) is 8.65. The molecule has 0 radical (unpaired) electrons. The standard InChI is InChI=1S/C20H19N3O3S/c24-19(12-11-15-7-3-1-4-8-15)21-20-17-13-27(25,26)14-18(17)22-23(20)16-9-5-2-6-10-16/h1-10H,11-14H2,(H,21,24). The van der Waals surface area contributed by atoms with Gasteiger partial charge in [-0.1, -0.05) is 48.5 Å². The van der Waals surface area contributed by atoms with Gasteiger partial charge in [0.15, 0.2) is 9.84 Å². The molecule has 0 saturated heterocycles. The fourth-order valence-corrected chi connectivity index (χ4v) is 4.72. The molecule has 0 bridgehead atoms. The van der Waals surface area contributed by atoms with Crippen LogP contribution < -0.4 is 5.32 Å². The molecular formula is C20H19N3O3S. The molecule has 0 atom stereocenters. The summed E-state index contributed by atoms with van der Waals surface area (Å²) in [6, 6.07) is 19.2. The molecule has 1 aliphatic heterocycles. The van der Waals surface area contributed by atoms with Gasteiger partial charge in [-0.05, 0) is 24.1 Å². The summed E-state index contributed by atoms with van der Waals surface area (Å²) in [5.74, 6) is 0.108. The number of anilines is 1. The number of nitrogens with one attached hydrogen (secondary N) is 1. The number of rotatable bonds is 5. The van der Waals surface area contributed by atoms with Crippen LogP contribution in [0.1, 0.15) is 23.2 Å². The van der Waals surface area contributed by atoms with E-state index in [2.05, 4.69) is 10.4 Å². The van der Waals surface area contributed by atoms with Crippen LogP contribution in [0.4, 0.5) is 5.82 Å². The van der Waals surface area contributed by atoms with Crippen molar-refractivity contribution in [2.45, 2.75) is 24.3 Å². The highest BCUT2D eigenvalue weighted by atomic mass is 32.2. The van der Waals surface area contributed by atoms with Gasteiger partial charge in [0.05, 0.1) is 22.9 Å². The molecular weight excluding hydrogens is 362 g/mol. The topological polar surface area (TPSA) is 81.1 Å². The van der Waals surface area contributed by atoms with E-state index in [1.807, 2.05) is 60.7 Å². The van der Waals surface area contributed by atoms with E-state index in [-0.39, 0.29) is 17.4 Å². The number of hydrogen-bond acceptors (Lipinski definition) is 4. The van der Waals surface area contributed by atoms with Gasteiger partial charge in [-0.15, -0.1) is 0 Å². The Labute approximate surface area is 157 Å². The number of hydrogen-bond donors (Lipinski definition) is 1. The lowest BCUT2D eigenvalue weighted by Gasteiger charge is -2.11. The minimum Gasteiger partial charge on any atom is -0.310 e. The lowest BCUT2D eigenvalue weighted by atomic mass is 10.1. The Morgan fingerprint density at radius 3 is 2.37 bits per heavy atom. The fourth-order valence-electron chi connectivity index (χ4n) is 3.22. The number of nitrogens with zero attached hydrogens (tertiary/aromatic N) is 2. The van der Waals surface area contributed by atoms with E-state index >= 15 is 0 Å². The van der Waals surface area contributed by atoms with Crippen LogP contribution in [-0.4, -0.2) is 24.1 Å². The van der Waals surface area contributed by atoms with Crippen molar-refractivity contribution in [2.75, 3.05) is 5.32 Å². The molecule has 0 aliphatic carbocycles. The van der Waals surface area contributed by atoms with Crippen LogP contribution in [0.2, 0.25) is 0 Å². The van der Waals surface area contributed by atoms with Gasteiger partial charge < -0.3 is 5.32 Å². The molecule has 27 heavy (non-hydrogen) atoms. The summed E-state index contributed by atoms with van der Waals surface area (Å²) >= 11 is 0.